The third kappa shape index (κ3) is 47.7. The van der Waals surface area contributed by atoms with Crippen LogP contribution in [0.25, 0.3) is 0 Å². The molecule has 0 heterocycles. The van der Waals surface area contributed by atoms with Gasteiger partial charge in [0.25, 0.3) is 0 Å². The van der Waals surface area contributed by atoms with E-state index in [0.717, 1.165) is 69.6 Å². The van der Waals surface area contributed by atoms with Crippen LogP contribution in [-0.2, 0) is 28.6 Å². The Balaban J connectivity index is 4.25. The summed E-state index contributed by atoms with van der Waals surface area (Å²) in [4.78, 5) is 38.0. The molecule has 362 valence electrons. The zero-order valence-corrected chi connectivity index (χ0v) is 41.8. The van der Waals surface area contributed by atoms with Crippen molar-refractivity contribution in [1.29, 1.82) is 0 Å². The Morgan fingerprint density at radius 1 is 0.344 bits per heavy atom. The maximum atomic E-state index is 12.8. The molecule has 0 aromatic carbocycles. The van der Waals surface area contributed by atoms with Crippen molar-refractivity contribution in [2.24, 2.45) is 11.8 Å². The van der Waals surface area contributed by atoms with Crippen molar-refractivity contribution in [2.75, 3.05) is 13.2 Å². The largest absolute Gasteiger partial charge is 0.462 e. The lowest BCUT2D eigenvalue weighted by Crippen LogP contribution is -2.30. The zero-order valence-electron chi connectivity index (χ0n) is 41.8. The molecule has 0 radical (unpaired) electrons. The van der Waals surface area contributed by atoms with Crippen molar-refractivity contribution in [3.05, 3.63) is 0 Å². The fraction of sp³-hybridized carbons (Fsp3) is 0.945. The molecule has 0 N–H and O–H groups in total. The van der Waals surface area contributed by atoms with Crippen molar-refractivity contribution >= 4 is 17.9 Å². The molecule has 2 atom stereocenters. The molecule has 0 amide bonds. The summed E-state index contributed by atoms with van der Waals surface area (Å²) >= 11 is 0. The van der Waals surface area contributed by atoms with Crippen LogP contribution in [0.5, 0.6) is 0 Å². The van der Waals surface area contributed by atoms with Gasteiger partial charge in [0, 0.05) is 19.3 Å². The zero-order chi connectivity index (χ0) is 44.7. The molecule has 0 rings (SSSR count). The second kappa shape index (κ2) is 47.9. The van der Waals surface area contributed by atoms with E-state index in [1.54, 1.807) is 0 Å². The summed E-state index contributed by atoms with van der Waals surface area (Å²) in [6.45, 7) is 11.4. The van der Waals surface area contributed by atoms with Crippen molar-refractivity contribution in [3.63, 3.8) is 0 Å². The van der Waals surface area contributed by atoms with E-state index in [9.17, 15) is 14.4 Å². The normalized spacial score (nSPS) is 12.5. The minimum absolute atomic E-state index is 0.0638. The molecule has 0 fully saturated rings. The highest BCUT2D eigenvalue weighted by molar-refractivity contribution is 5.71. The van der Waals surface area contributed by atoms with E-state index in [1.807, 2.05) is 0 Å². The molecule has 0 aromatic rings. The Morgan fingerprint density at radius 3 is 0.934 bits per heavy atom. The van der Waals surface area contributed by atoms with Crippen LogP contribution in [0.2, 0.25) is 0 Å². The molecule has 61 heavy (non-hydrogen) atoms. The summed E-state index contributed by atoms with van der Waals surface area (Å²) in [5.41, 5.74) is 0. The Kier molecular flexibility index (Phi) is 46.6. The molecule has 0 aromatic heterocycles. The van der Waals surface area contributed by atoms with Crippen LogP contribution < -0.4 is 0 Å². The number of hydrogen-bond donors (Lipinski definition) is 0. The summed E-state index contributed by atoms with van der Waals surface area (Å²) in [5, 5.41) is 0. The van der Waals surface area contributed by atoms with Crippen LogP contribution >= 0.6 is 0 Å². The fourth-order valence-corrected chi connectivity index (χ4v) is 8.31. The van der Waals surface area contributed by atoms with E-state index >= 15 is 0 Å². The van der Waals surface area contributed by atoms with Crippen molar-refractivity contribution < 1.29 is 28.6 Å². The van der Waals surface area contributed by atoms with E-state index in [-0.39, 0.29) is 31.1 Å². The minimum atomic E-state index is -0.762. The number of rotatable bonds is 49. The van der Waals surface area contributed by atoms with Gasteiger partial charge in [-0.25, -0.2) is 0 Å². The van der Waals surface area contributed by atoms with Gasteiger partial charge in [-0.1, -0.05) is 266 Å². The van der Waals surface area contributed by atoms with Crippen LogP contribution in [0.1, 0.15) is 304 Å². The Hall–Kier alpha value is -1.59. The maximum absolute atomic E-state index is 12.8. The van der Waals surface area contributed by atoms with Gasteiger partial charge in [-0.15, -0.1) is 0 Å². The molecular formula is C55H106O6. The predicted octanol–water partition coefficient (Wildman–Crippen LogP) is 17.7. The molecule has 6 nitrogen and oxygen atoms in total. The first-order valence-electron chi connectivity index (χ1n) is 27.3. The third-order valence-corrected chi connectivity index (χ3v) is 12.8. The molecule has 1 unspecified atom stereocenters. The first kappa shape index (κ1) is 59.4. The van der Waals surface area contributed by atoms with Gasteiger partial charge >= 0.3 is 17.9 Å². The molecule has 0 aliphatic carbocycles. The Morgan fingerprint density at radius 2 is 0.623 bits per heavy atom. The van der Waals surface area contributed by atoms with Gasteiger partial charge in [0.15, 0.2) is 6.10 Å². The molecule has 0 bridgehead atoms. The molecule has 6 heteroatoms. The standard InChI is InChI=1S/C55H106O6/c1-6-8-9-10-11-12-13-14-20-24-27-30-37-42-47-55(58)61-52(49-60-54(57)46-41-36-32-31-34-39-44-51(5)7-2)48-59-53(56)45-40-35-29-26-23-21-18-16-15-17-19-22-25-28-33-38-43-50(3)4/h50-52H,6-49H2,1-5H3/t51?,52-/m0/s1. The van der Waals surface area contributed by atoms with Crippen molar-refractivity contribution in [1.82, 2.24) is 0 Å². The van der Waals surface area contributed by atoms with E-state index in [1.165, 1.54) is 193 Å². The van der Waals surface area contributed by atoms with Crippen LogP contribution in [0.15, 0.2) is 0 Å². The first-order valence-corrected chi connectivity index (χ1v) is 27.3. The van der Waals surface area contributed by atoms with E-state index in [0.29, 0.717) is 19.3 Å². The van der Waals surface area contributed by atoms with Crippen LogP contribution in [0.4, 0.5) is 0 Å². The van der Waals surface area contributed by atoms with Gasteiger partial charge in [0.2, 0.25) is 0 Å². The highest BCUT2D eigenvalue weighted by atomic mass is 16.6. The summed E-state index contributed by atoms with van der Waals surface area (Å²) in [6.07, 6.45) is 49.5. The van der Waals surface area contributed by atoms with E-state index in [2.05, 4.69) is 34.6 Å². The molecule has 0 saturated heterocycles. The fourth-order valence-electron chi connectivity index (χ4n) is 8.31. The van der Waals surface area contributed by atoms with Gasteiger partial charge in [0.05, 0.1) is 0 Å². The smallest absolute Gasteiger partial charge is 0.306 e. The third-order valence-electron chi connectivity index (χ3n) is 12.8. The van der Waals surface area contributed by atoms with Crippen LogP contribution in [0, 0.1) is 11.8 Å². The lowest BCUT2D eigenvalue weighted by molar-refractivity contribution is -0.167. The number of hydrogen-bond acceptors (Lipinski definition) is 6. The van der Waals surface area contributed by atoms with Gasteiger partial charge in [-0.2, -0.15) is 0 Å². The van der Waals surface area contributed by atoms with Gasteiger partial charge < -0.3 is 14.2 Å². The average Bonchev–Trinajstić information content (AvgIpc) is 3.24. The van der Waals surface area contributed by atoms with Gasteiger partial charge in [-0.3, -0.25) is 14.4 Å². The Labute approximate surface area is 380 Å². The highest BCUT2D eigenvalue weighted by Gasteiger charge is 2.19. The van der Waals surface area contributed by atoms with Gasteiger partial charge in [0.1, 0.15) is 13.2 Å². The second-order valence-corrected chi connectivity index (χ2v) is 19.6. The van der Waals surface area contributed by atoms with Gasteiger partial charge in [-0.05, 0) is 31.1 Å². The second-order valence-electron chi connectivity index (χ2n) is 19.6. The quantitative estimate of drug-likeness (QED) is 0.0344. The predicted molar refractivity (Wildman–Crippen MR) is 261 cm³/mol. The summed E-state index contributed by atoms with van der Waals surface area (Å²) < 4.78 is 16.8. The topological polar surface area (TPSA) is 78.9 Å². The molecular weight excluding hydrogens is 757 g/mol. The Bertz CT molecular complexity index is 933. The number of ether oxygens (including phenoxy) is 3. The van der Waals surface area contributed by atoms with Crippen LogP contribution in [-0.4, -0.2) is 37.2 Å². The van der Waals surface area contributed by atoms with E-state index in [4.69, 9.17) is 14.2 Å². The average molecular weight is 863 g/mol. The first-order chi connectivity index (χ1) is 29.8. The number of carbonyl (C=O) groups excluding carboxylic acids is 3. The SMILES string of the molecule is CCCCCCCCCCCCCCCCC(=O)O[C@@H](COC(=O)CCCCCCCCCCCCCCCCCCC(C)C)COC(=O)CCCCCCCCC(C)CC. The van der Waals surface area contributed by atoms with Crippen molar-refractivity contribution in [2.45, 2.75) is 310 Å². The highest BCUT2D eigenvalue weighted by Crippen LogP contribution is 2.18. The number of unbranched alkanes of at least 4 members (excludes halogenated alkanes) is 33. The molecule has 0 saturated carbocycles. The summed E-state index contributed by atoms with van der Waals surface area (Å²) in [6, 6.07) is 0. The summed E-state index contributed by atoms with van der Waals surface area (Å²) in [7, 11) is 0. The molecule has 0 aliphatic rings. The lowest BCUT2D eigenvalue weighted by Gasteiger charge is -2.18. The maximum Gasteiger partial charge on any atom is 0.306 e. The summed E-state index contributed by atoms with van der Waals surface area (Å²) in [5.74, 6) is 0.820. The minimum Gasteiger partial charge on any atom is -0.462 e. The lowest BCUT2D eigenvalue weighted by atomic mass is 10.00. The molecule has 0 spiro atoms. The molecule has 0 aliphatic heterocycles. The number of carbonyl (C=O) groups is 3. The van der Waals surface area contributed by atoms with Crippen LogP contribution in [0.3, 0.4) is 0 Å². The monoisotopic (exact) mass is 863 g/mol. The number of esters is 3. The van der Waals surface area contributed by atoms with E-state index < -0.39 is 6.10 Å². The van der Waals surface area contributed by atoms with Crippen molar-refractivity contribution in [3.8, 4) is 0 Å².